The van der Waals surface area contributed by atoms with Gasteiger partial charge in [0, 0.05) is 12.8 Å². The molecule has 0 radical (unpaired) electrons. The van der Waals surface area contributed by atoms with Crippen LogP contribution in [0.4, 0.5) is 0 Å². The summed E-state index contributed by atoms with van der Waals surface area (Å²) in [5, 5.41) is 244. The molecule has 0 aromatic rings. The molecule has 12 aliphatic rings. The maximum Gasteiger partial charge on any atom is 0.335 e. The van der Waals surface area contributed by atoms with E-state index in [4.69, 9.17) is 75.8 Å². The van der Waals surface area contributed by atoms with Gasteiger partial charge in [-0.1, -0.05) is 93.7 Å². The first-order chi connectivity index (χ1) is 61.5. The van der Waals surface area contributed by atoms with E-state index >= 15 is 4.79 Å². The number of allylic oxidation sites excluding steroid dienone is 2. The first-order valence-corrected chi connectivity index (χ1v) is 46.0. The van der Waals surface area contributed by atoms with Crippen LogP contribution in [0.25, 0.3) is 0 Å². The van der Waals surface area contributed by atoms with Crippen LogP contribution in [-0.2, 0) is 99.8 Å². The number of aliphatic hydroxyl groups excluding tert-OH is 21. The fraction of sp³-hybridized carbons (Fsp3) is 0.920. The molecule has 7 heterocycles. The molecule has 752 valence electrons. The van der Waals surface area contributed by atoms with Crippen LogP contribution in [-0.4, -0.2) is 408 Å². The molecular weight excluding hydrogens is 1740 g/mol. The maximum absolute atomic E-state index is 16.4. The monoisotopic (exact) mass is 1890 g/mol. The Bertz CT molecular complexity index is 3850. The molecule has 43 heteroatoms. The van der Waals surface area contributed by atoms with Crippen LogP contribution in [0.2, 0.25) is 0 Å². The third-order valence-corrected chi connectivity index (χ3v) is 31.8. The summed E-state index contributed by atoms with van der Waals surface area (Å²) in [6, 6.07) is 0. The van der Waals surface area contributed by atoms with Crippen molar-refractivity contribution in [2.24, 2.45) is 62.1 Å². The van der Waals surface area contributed by atoms with E-state index in [1.54, 1.807) is 27.7 Å². The average Bonchev–Trinajstić information content (AvgIpc) is 0.767. The van der Waals surface area contributed by atoms with E-state index in [9.17, 15) is 132 Å². The van der Waals surface area contributed by atoms with Crippen molar-refractivity contribution >= 4 is 30.2 Å². The van der Waals surface area contributed by atoms with E-state index < -0.39 is 353 Å². The molecule has 7 aliphatic heterocycles. The molecule has 49 unspecified atom stereocenters. The summed E-state index contributed by atoms with van der Waals surface area (Å²) in [6.07, 6.45) is -64.9. The molecule has 0 amide bonds. The van der Waals surface area contributed by atoms with E-state index in [1.165, 1.54) is 13.8 Å². The van der Waals surface area contributed by atoms with Gasteiger partial charge in [-0.05, 0) is 123 Å². The molecule has 5 aliphatic carbocycles. The van der Waals surface area contributed by atoms with Gasteiger partial charge in [-0.2, -0.15) is 0 Å². The minimum atomic E-state index is -2.29. The molecule has 0 aromatic carbocycles. The summed E-state index contributed by atoms with van der Waals surface area (Å²) in [5.41, 5.74) is -5.35. The Morgan fingerprint density at radius 1 is 0.496 bits per heavy atom. The third-order valence-electron chi connectivity index (χ3n) is 31.8. The third kappa shape index (κ3) is 20.5. The van der Waals surface area contributed by atoms with E-state index in [2.05, 4.69) is 26.8 Å². The van der Waals surface area contributed by atoms with Gasteiger partial charge in [-0.15, -0.1) is 0 Å². The second kappa shape index (κ2) is 42.2. The van der Waals surface area contributed by atoms with Gasteiger partial charge in [0.25, 0.3) is 0 Å². The van der Waals surface area contributed by atoms with Gasteiger partial charge >= 0.3 is 23.9 Å². The number of hydrogen-bond acceptors (Lipinski definition) is 42. The topological polar surface area (TPSA) is 678 Å². The smallest absolute Gasteiger partial charge is 0.335 e. The van der Waals surface area contributed by atoms with Gasteiger partial charge in [0.05, 0.1) is 87.4 Å². The van der Waals surface area contributed by atoms with Crippen LogP contribution in [0, 0.1) is 62.1 Å². The number of esters is 3. The minimum Gasteiger partial charge on any atom is -0.479 e. The zero-order valence-electron chi connectivity index (χ0n) is 75.9. The van der Waals surface area contributed by atoms with Crippen LogP contribution in [0.15, 0.2) is 11.6 Å². The van der Waals surface area contributed by atoms with E-state index in [0.29, 0.717) is 51.4 Å². The van der Waals surface area contributed by atoms with E-state index in [1.807, 2.05) is 20.8 Å². The number of fused-ring (bicyclic) bond motifs is 7. The zero-order chi connectivity index (χ0) is 96.5. The summed E-state index contributed by atoms with van der Waals surface area (Å²) in [5.74, 6) is -7.14. The van der Waals surface area contributed by atoms with E-state index in [-0.39, 0.29) is 43.9 Å². The number of aliphatic hydroxyl groups is 21. The highest BCUT2D eigenvalue weighted by molar-refractivity contribution is 5.80. The van der Waals surface area contributed by atoms with E-state index in [0.717, 1.165) is 11.9 Å². The van der Waals surface area contributed by atoms with Crippen LogP contribution < -0.4 is 0 Å². The van der Waals surface area contributed by atoms with Crippen molar-refractivity contribution in [1.82, 2.24) is 0 Å². The summed E-state index contributed by atoms with van der Waals surface area (Å²) in [4.78, 5) is 71.4. The van der Waals surface area contributed by atoms with Crippen LogP contribution in [0.1, 0.15) is 179 Å². The normalized spacial score (nSPS) is 48.4. The molecule has 12 rings (SSSR count). The molecular formula is C88H142O43. The summed E-state index contributed by atoms with van der Waals surface area (Å²) < 4.78 is 97.2. The fourth-order valence-corrected chi connectivity index (χ4v) is 23.2. The largest absolute Gasteiger partial charge is 0.479 e. The minimum absolute atomic E-state index is 0.00489. The predicted molar refractivity (Wildman–Crippen MR) is 437 cm³/mol. The number of carbonyl (C=O) groups excluding carboxylic acids is 4. The number of hydrogen-bond donors (Lipinski definition) is 22. The lowest BCUT2D eigenvalue weighted by molar-refractivity contribution is -0.394. The lowest BCUT2D eigenvalue weighted by Crippen LogP contribution is -2.69. The predicted octanol–water partition coefficient (Wildman–Crippen LogP) is -4.79. The first-order valence-electron chi connectivity index (χ1n) is 46.0. The van der Waals surface area contributed by atoms with Crippen LogP contribution >= 0.6 is 0 Å². The van der Waals surface area contributed by atoms with Gasteiger partial charge in [-0.3, -0.25) is 14.4 Å². The number of ether oxygens (including phenoxy) is 16. The Kier molecular flexibility index (Phi) is 34.0. The quantitative estimate of drug-likeness (QED) is 0.00964. The van der Waals surface area contributed by atoms with Crippen molar-refractivity contribution in [3.8, 4) is 0 Å². The Morgan fingerprint density at radius 3 is 1.59 bits per heavy atom. The van der Waals surface area contributed by atoms with Gasteiger partial charge in [0.1, 0.15) is 146 Å². The molecule has 0 bridgehead atoms. The van der Waals surface area contributed by atoms with Crippen molar-refractivity contribution in [3.05, 3.63) is 11.6 Å². The Morgan fingerprint density at radius 2 is 1.01 bits per heavy atom. The molecule has 0 spiro atoms. The Labute approximate surface area is 758 Å². The lowest BCUT2D eigenvalue weighted by Gasteiger charge is -2.71. The number of rotatable bonds is 33. The number of carboxylic acid groups (broad SMARTS) is 1. The molecule has 131 heavy (non-hydrogen) atoms. The second-order valence-electron chi connectivity index (χ2n) is 40.5. The highest BCUT2D eigenvalue weighted by Gasteiger charge is 2.74. The van der Waals surface area contributed by atoms with Crippen molar-refractivity contribution < 1.29 is 212 Å². The molecule has 49 atom stereocenters. The highest BCUT2D eigenvalue weighted by atomic mass is 16.8. The van der Waals surface area contributed by atoms with Gasteiger partial charge in [0.15, 0.2) is 56.1 Å². The van der Waals surface area contributed by atoms with Crippen molar-refractivity contribution in [3.63, 3.8) is 0 Å². The molecule has 0 aromatic heterocycles. The summed E-state index contributed by atoms with van der Waals surface area (Å²) >= 11 is 0. The molecule has 43 nitrogen and oxygen atoms in total. The average molecular weight is 1890 g/mol. The van der Waals surface area contributed by atoms with Crippen molar-refractivity contribution in [1.29, 1.82) is 0 Å². The standard InChI is InChI=1S/C88H142O43/c1-13-34(3)43(119-52(97)25-39(94)24-44(35(4)14-2)120-76-63(108)57(102)47(31-91)121-76)23-38(93)26-53(98)125-68-36(5)118-80(73(66(68)111)130-79-67(112)70(127-77-64(109)58(103)55(100)45(29-89)122-77)69(37(6)117-79)126-75-62(107)54(99)42(95)32-116-75)131-82(115)88-22-21-83(7,8)27-41(88)40-15-16-49-84(9)19-18-51(85(10,33-92)48(84)17-20-86(49,11)87(40,12)28-50(88)96)124-81-72(61(106)60(105)71(128-81)74(113)114)129-78-65(110)59(104)56(101)46(30-90)123-78/h15,33-39,41-51,54-73,75-81,89-91,93-96,99-112H,13-14,16-32H2,1-12H3,(H,113,114). The summed E-state index contributed by atoms with van der Waals surface area (Å²) in [7, 11) is 0. The molecule has 11 fully saturated rings. The Hall–Kier alpha value is -4.07. The number of aliphatic carboxylic acids is 1. The van der Waals surface area contributed by atoms with Gasteiger partial charge < -0.3 is 193 Å². The molecule has 22 N–H and O–H groups in total. The fourth-order valence-electron chi connectivity index (χ4n) is 23.2. The first kappa shape index (κ1) is 106. The number of carboxylic acids is 1. The SMILES string of the molecule is CCC(C)C(CC(O)CC(=O)OC1C(C)OC(OC(=O)C23CCC(C)(C)CC2C2=CCC4C5(C)CCC(OC6OC(C(=O)O)C(O)C(O)C6OC6OC(CO)C(O)C(O)C6O)C(C)(C=O)C5CCC4(C)C2(C)CC3O)C(OC2OC(C)C(OC3OCC(O)C(O)C3O)C(OC3OC(CO)C(O)C(O)C3O)C2O)C1O)OC(=O)CC(O)CC(OC1OC(CO)C(O)C1O)C(C)CC. The van der Waals surface area contributed by atoms with Gasteiger partial charge in [0.2, 0.25) is 6.29 Å². The zero-order valence-corrected chi connectivity index (χ0v) is 75.9. The lowest BCUT2D eigenvalue weighted by atomic mass is 9.33. The Balaban J connectivity index is 0.815. The second-order valence-corrected chi connectivity index (χ2v) is 40.5. The maximum atomic E-state index is 16.4. The number of carbonyl (C=O) groups is 5. The van der Waals surface area contributed by atoms with Crippen molar-refractivity contribution in [2.45, 2.75) is 419 Å². The number of aldehydes is 1. The highest BCUT2D eigenvalue weighted by Crippen LogP contribution is 2.76. The van der Waals surface area contributed by atoms with Gasteiger partial charge in [-0.25, -0.2) is 4.79 Å². The summed E-state index contributed by atoms with van der Waals surface area (Å²) in [6.45, 7) is 18.9. The molecule has 7 saturated heterocycles. The van der Waals surface area contributed by atoms with Crippen LogP contribution in [0.5, 0.6) is 0 Å². The van der Waals surface area contributed by atoms with Crippen LogP contribution in [0.3, 0.4) is 0 Å². The van der Waals surface area contributed by atoms with Crippen molar-refractivity contribution in [2.75, 3.05) is 26.4 Å². The molecule has 4 saturated carbocycles.